The zero-order valence-corrected chi connectivity index (χ0v) is 14.6. The van der Waals surface area contributed by atoms with Crippen LogP contribution in [0.25, 0.3) is 0 Å². The predicted octanol–water partition coefficient (Wildman–Crippen LogP) is 2.08. The summed E-state index contributed by atoms with van der Waals surface area (Å²) in [5.41, 5.74) is -0.127. The number of carbonyl (C=O) groups is 1. The summed E-state index contributed by atoms with van der Waals surface area (Å²) >= 11 is 1.59. The molecule has 1 aromatic rings. The third-order valence-corrected chi connectivity index (χ3v) is 6.14. The van der Waals surface area contributed by atoms with E-state index >= 15 is 0 Å². The number of aliphatic hydroxyl groups excluding tert-OH is 1. The Morgan fingerprint density at radius 2 is 2.09 bits per heavy atom. The van der Waals surface area contributed by atoms with E-state index in [4.69, 9.17) is 0 Å². The number of hydrogen-bond donors (Lipinski definition) is 1. The molecule has 2 saturated heterocycles. The fourth-order valence-corrected chi connectivity index (χ4v) is 4.72. The van der Waals surface area contributed by atoms with Gasteiger partial charge in [-0.05, 0) is 38.4 Å². The van der Waals surface area contributed by atoms with Gasteiger partial charge in [-0.15, -0.1) is 11.8 Å². The quantitative estimate of drug-likeness (QED) is 0.860. The van der Waals surface area contributed by atoms with Gasteiger partial charge in [-0.3, -0.25) is 4.79 Å². The highest BCUT2D eigenvalue weighted by Gasteiger charge is 2.45. The van der Waals surface area contributed by atoms with Gasteiger partial charge in [0, 0.05) is 36.5 Å². The maximum atomic E-state index is 12.6. The van der Waals surface area contributed by atoms with E-state index in [1.165, 1.54) is 0 Å². The number of likely N-dealkylation sites (tertiary alicyclic amines) is 2. The molecule has 2 fully saturated rings. The van der Waals surface area contributed by atoms with Crippen molar-refractivity contribution in [2.75, 3.05) is 39.0 Å². The molecule has 2 aliphatic heterocycles. The molecule has 3 rings (SSSR count). The van der Waals surface area contributed by atoms with Gasteiger partial charge in [-0.1, -0.05) is 18.2 Å². The van der Waals surface area contributed by atoms with E-state index < -0.39 is 0 Å². The third-order valence-electron chi connectivity index (χ3n) is 5.14. The number of hydrogen-bond acceptors (Lipinski definition) is 4. The molecule has 126 valence electrons. The summed E-state index contributed by atoms with van der Waals surface area (Å²) in [6.45, 7) is 3.36. The van der Waals surface area contributed by atoms with Gasteiger partial charge in [-0.25, -0.2) is 0 Å². The molecule has 23 heavy (non-hydrogen) atoms. The molecule has 0 radical (unpaired) electrons. The molecule has 2 heterocycles. The molecule has 0 bridgehead atoms. The molecule has 0 unspecified atom stereocenters. The number of amides is 1. The van der Waals surface area contributed by atoms with Crippen molar-refractivity contribution in [2.24, 2.45) is 5.41 Å². The normalized spacial score (nSPS) is 29.0. The van der Waals surface area contributed by atoms with E-state index in [2.05, 4.69) is 11.9 Å². The average Bonchev–Trinajstić information content (AvgIpc) is 2.57. The van der Waals surface area contributed by atoms with E-state index in [0.29, 0.717) is 12.3 Å². The first kappa shape index (κ1) is 16.8. The summed E-state index contributed by atoms with van der Waals surface area (Å²) in [4.78, 5) is 18.0. The lowest BCUT2D eigenvalue weighted by molar-refractivity contribution is -0.138. The van der Waals surface area contributed by atoms with E-state index in [9.17, 15) is 9.90 Å². The van der Waals surface area contributed by atoms with Crippen LogP contribution in [-0.2, 0) is 4.79 Å². The van der Waals surface area contributed by atoms with Crippen LogP contribution >= 0.6 is 11.8 Å². The van der Waals surface area contributed by atoms with Crippen LogP contribution in [0.4, 0.5) is 0 Å². The van der Waals surface area contributed by atoms with Gasteiger partial charge >= 0.3 is 0 Å². The van der Waals surface area contributed by atoms with Crippen LogP contribution in [0.5, 0.6) is 0 Å². The topological polar surface area (TPSA) is 43.8 Å². The smallest absolute Gasteiger partial charge is 0.232 e. The zero-order chi connectivity index (χ0) is 16.3. The highest BCUT2D eigenvalue weighted by Crippen LogP contribution is 2.38. The Kier molecular flexibility index (Phi) is 5.29. The average molecular weight is 334 g/mol. The van der Waals surface area contributed by atoms with E-state index in [-0.39, 0.29) is 17.4 Å². The lowest BCUT2D eigenvalue weighted by Gasteiger charge is -2.50. The molecule has 0 aromatic heterocycles. The van der Waals surface area contributed by atoms with Crippen molar-refractivity contribution in [1.82, 2.24) is 9.80 Å². The Morgan fingerprint density at radius 1 is 1.30 bits per heavy atom. The fraction of sp³-hybridized carbons (Fsp3) is 0.611. The lowest BCUT2D eigenvalue weighted by atomic mass is 9.71. The van der Waals surface area contributed by atoms with Crippen molar-refractivity contribution in [3.8, 4) is 0 Å². The maximum absolute atomic E-state index is 12.6. The van der Waals surface area contributed by atoms with E-state index in [1.54, 1.807) is 11.8 Å². The van der Waals surface area contributed by atoms with Gasteiger partial charge in [0.15, 0.2) is 0 Å². The van der Waals surface area contributed by atoms with Crippen molar-refractivity contribution in [3.63, 3.8) is 0 Å². The van der Waals surface area contributed by atoms with E-state index in [0.717, 1.165) is 43.8 Å². The molecule has 2 aliphatic rings. The van der Waals surface area contributed by atoms with Crippen LogP contribution in [0.3, 0.4) is 0 Å². The summed E-state index contributed by atoms with van der Waals surface area (Å²) in [6.07, 6.45) is 2.55. The summed E-state index contributed by atoms with van der Waals surface area (Å²) in [5, 5.41) is 10.5. The van der Waals surface area contributed by atoms with Crippen molar-refractivity contribution in [3.05, 3.63) is 30.3 Å². The second-order valence-electron chi connectivity index (χ2n) is 6.93. The van der Waals surface area contributed by atoms with Crippen LogP contribution < -0.4 is 0 Å². The highest BCUT2D eigenvalue weighted by molar-refractivity contribution is 8.00. The molecule has 1 amide bonds. The lowest BCUT2D eigenvalue weighted by Crippen LogP contribution is -2.59. The molecule has 2 atom stereocenters. The van der Waals surface area contributed by atoms with Crippen molar-refractivity contribution >= 4 is 17.7 Å². The maximum Gasteiger partial charge on any atom is 0.232 e. The Morgan fingerprint density at radius 3 is 2.87 bits per heavy atom. The molecule has 5 heteroatoms. The third kappa shape index (κ3) is 3.90. The molecule has 1 aromatic carbocycles. The summed E-state index contributed by atoms with van der Waals surface area (Å²) < 4.78 is 0. The highest BCUT2D eigenvalue weighted by atomic mass is 32.2. The monoisotopic (exact) mass is 334 g/mol. The molecule has 0 saturated carbocycles. The largest absolute Gasteiger partial charge is 0.392 e. The van der Waals surface area contributed by atoms with Gasteiger partial charge in [0.05, 0.1) is 11.9 Å². The van der Waals surface area contributed by atoms with Crippen LogP contribution in [0.2, 0.25) is 0 Å². The first-order chi connectivity index (χ1) is 11.1. The number of benzene rings is 1. The molecule has 4 nitrogen and oxygen atoms in total. The first-order valence-electron chi connectivity index (χ1n) is 8.41. The molecule has 1 N–H and O–H groups in total. The predicted molar refractivity (Wildman–Crippen MR) is 93.5 cm³/mol. The Bertz CT molecular complexity index is 539. The number of thioether (sulfide) groups is 1. The second kappa shape index (κ2) is 7.24. The van der Waals surface area contributed by atoms with Gasteiger partial charge in [-0.2, -0.15) is 0 Å². The minimum atomic E-state index is -0.281. The molecular formula is C18H26N2O2S. The van der Waals surface area contributed by atoms with Crippen LogP contribution in [0, 0.1) is 5.41 Å². The van der Waals surface area contributed by atoms with Crippen molar-refractivity contribution in [1.29, 1.82) is 0 Å². The van der Waals surface area contributed by atoms with Crippen LogP contribution in [-0.4, -0.2) is 65.9 Å². The molecular weight excluding hydrogens is 308 g/mol. The molecule has 0 aliphatic carbocycles. The zero-order valence-electron chi connectivity index (χ0n) is 13.8. The van der Waals surface area contributed by atoms with Crippen LogP contribution in [0.15, 0.2) is 35.2 Å². The molecule has 1 spiro atoms. The first-order valence-corrected chi connectivity index (χ1v) is 9.40. The minimum absolute atomic E-state index is 0.127. The number of nitrogens with zero attached hydrogens (tertiary/aromatic N) is 2. The summed E-state index contributed by atoms with van der Waals surface area (Å²) in [7, 11) is 2.11. The Labute approximate surface area is 142 Å². The SMILES string of the molecule is CN1CC[C@H](O)[C@@]2(CCCN(C(=O)CSc3ccccc3)C2)C1. The van der Waals surface area contributed by atoms with Gasteiger partial charge in [0.25, 0.3) is 0 Å². The minimum Gasteiger partial charge on any atom is -0.392 e. The van der Waals surface area contributed by atoms with Gasteiger partial charge in [0.1, 0.15) is 0 Å². The number of carbonyl (C=O) groups excluding carboxylic acids is 1. The summed E-state index contributed by atoms with van der Waals surface area (Å²) in [6, 6.07) is 10.1. The van der Waals surface area contributed by atoms with Gasteiger partial charge in [0.2, 0.25) is 5.91 Å². The Balaban J connectivity index is 1.60. The number of rotatable bonds is 3. The van der Waals surface area contributed by atoms with Crippen molar-refractivity contribution in [2.45, 2.75) is 30.3 Å². The van der Waals surface area contributed by atoms with Crippen molar-refractivity contribution < 1.29 is 9.90 Å². The van der Waals surface area contributed by atoms with Crippen LogP contribution in [0.1, 0.15) is 19.3 Å². The van der Waals surface area contributed by atoms with Gasteiger partial charge < -0.3 is 14.9 Å². The standard InChI is InChI=1S/C18H26N2O2S/c1-19-11-8-16(21)18(13-19)9-5-10-20(14-18)17(22)12-23-15-6-3-2-4-7-15/h2-4,6-7,16,21H,5,8-14H2,1H3/t16-,18-/m0/s1. The number of aliphatic hydroxyl groups is 1. The fourth-order valence-electron chi connectivity index (χ4n) is 3.90. The number of piperidine rings is 2. The van der Waals surface area contributed by atoms with E-state index in [1.807, 2.05) is 35.2 Å². The summed E-state index contributed by atoms with van der Waals surface area (Å²) in [5.74, 6) is 0.671. The second-order valence-corrected chi connectivity index (χ2v) is 7.97. The Hall–Kier alpha value is -1.04.